The monoisotopic (exact) mass is 465 g/mol. The lowest BCUT2D eigenvalue weighted by atomic mass is 10.1. The van der Waals surface area contributed by atoms with E-state index < -0.39 is 15.9 Å². The van der Waals surface area contributed by atoms with Crippen molar-refractivity contribution in [1.29, 1.82) is 0 Å². The third-order valence-corrected chi connectivity index (χ3v) is 8.36. The van der Waals surface area contributed by atoms with Gasteiger partial charge in [-0.3, -0.25) is 9.59 Å². The normalized spacial score (nSPS) is 17.0. The lowest BCUT2D eigenvalue weighted by molar-refractivity contribution is -0.122. The van der Waals surface area contributed by atoms with Crippen molar-refractivity contribution in [1.82, 2.24) is 14.5 Å². The predicted octanol–water partition coefficient (Wildman–Crippen LogP) is 2.68. The fourth-order valence-electron chi connectivity index (χ4n) is 3.37. The smallest absolute Gasteiger partial charge is 0.243 e. The van der Waals surface area contributed by atoms with Crippen LogP contribution in [0.5, 0.6) is 0 Å². The number of benzene rings is 1. The van der Waals surface area contributed by atoms with Crippen LogP contribution in [0.15, 0.2) is 29.2 Å². The van der Waals surface area contributed by atoms with E-state index in [-0.39, 0.29) is 35.6 Å². The van der Waals surface area contributed by atoms with Gasteiger partial charge in [-0.1, -0.05) is 39.0 Å². The minimum absolute atomic E-state index is 0.0845. The van der Waals surface area contributed by atoms with Gasteiger partial charge < -0.3 is 10.2 Å². The van der Waals surface area contributed by atoms with Gasteiger partial charge in [-0.2, -0.15) is 4.31 Å². The molecule has 2 aromatic rings. The molecular formula is C20H27N5O4S2. The number of aromatic nitrogens is 2. The molecule has 0 bridgehead atoms. The van der Waals surface area contributed by atoms with Crippen LogP contribution in [-0.2, 0) is 19.6 Å². The summed E-state index contributed by atoms with van der Waals surface area (Å²) < 4.78 is 26.6. The van der Waals surface area contributed by atoms with E-state index in [0.717, 1.165) is 5.01 Å². The second kappa shape index (κ2) is 9.41. The van der Waals surface area contributed by atoms with Gasteiger partial charge in [0, 0.05) is 37.7 Å². The van der Waals surface area contributed by atoms with Gasteiger partial charge >= 0.3 is 0 Å². The van der Waals surface area contributed by atoms with Crippen LogP contribution in [0.3, 0.4) is 0 Å². The van der Waals surface area contributed by atoms with Crippen molar-refractivity contribution in [3.63, 3.8) is 0 Å². The summed E-state index contributed by atoms with van der Waals surface area (Å²) in [5.41, 5.74) is 0.566. The van der Waals surface area contributed by atoms with E-state index in [1.54, 1.807) is 26.0 Å². The molecule has 1 unspecified atom stereocenters. The SMILES string of the molecule is CCN(CC)S(=O)(=O)c1ccc(N2CC(C(=O)Nc3nnc(C(C)C)s3)CC2=O)cc1. The number of carbonyl (C=O) groups excluding carboxylic acids is 2. The molecule has 1 fully saturated rings. The van der Waals surface area contributed by atoms with E-state index in [9.17, 15) is 18.0 Å². The minimum Gasteiger partial charge on any atom is -0.312 e. The van der Waals surface area contributed by atoms with Gasteiger partial charge in [-0.15, -0.1) is 10.2 Å². The zero-order valence-corrected chi connectivity index (χ0v) is 19.7. The van der Waals surface area contributed by atoms with Crippen LogP contribution in [0, 0.1) is 5.92 Å². The number of nitrogens with zero attached hydrogens (tertiary/aromatic N) is 4. The molecule has 1 saturated heterocycles. The van der Waals surface area contributed by atoms with E-state index in [4.69, 9.17) is 0 Å². The highest BCUT2D eigenvalue weighted by atomic mass is 32.2. The molecule has 168 valence electrons. The predicted molar refractivity (Wildman–Crippen MR) is 120 cm³/mol. The number of rotatable bonds is 8. The molecule has 1 aromatic heterocycles. The van der Waals surface area contributed by atoms with Gasteiger partial charge in [0.15, 0.2) is 0 Å². The number of hydrogen-bond acceptors (Lipinski definition) is 7. The quantitative estimate of drug-likeness (QED) is 0.641. The maximum atomic E-state index is 12.6. The molecule has 1 aromatic carbocycles. The standard InChI is InChI=1S/C20H27N5O4S2/c1-5-24(6-2)31(28,29)16-9-7-15(8-10-16)25-12-14(11-17(25)26)18(27)21-20-23-22-19(30-20)13(3)4/h7-10,13-14H,5-6,11-12H2,1-4H3,(H,21,23,27). The van der Waals surface area contributed by atoms with Crippen molar-refractivity contribution >= 4 is 44.0 Å². The van der Waals surface area contributed by atoms with Crippen LogP contribution >= 0.6 is 11.3 Å². The largest absolute Gasteiger partial charge is 0.312 e. The minimum atomic E-state index is -3.56. The molecule has 0 spiro atoms. The average Bonchev–Trinajstić information content (AvgIpc) is 3.35. The van der Waals surface area contributed by atoms with Gasteiger partial charge in [0.25, 0.3) is 0 Å². The summed E-state index contributed by atoms with van der Waals surface area (Å²) in [6.07, 6.45) is 0.0845. The molecule has 11 heteroatoms. The Hall–Kier alpha value is -2.37. The second-order valence-corrected chi connectivity index (χ2v) is 10.5. The first-order chi connectivity index (χ1) is 14.7. The molecule has 2 heterocycles. The number of nitrogens with one attached hydrogen (secondary N) is 1. The number of carbonyl (C=O) groups is 2. The van der Waals surface area contributed by atoms with E-state index in [2.05, 4.69) is 15.5 Å². The second-order valence-electron chi connectivity index (χ2n) is 7.58. The van der Waals surface area contributed by atoms with Crippen molar-refractivity contribution in [2.75, 3.05) is 29.9 Å². The van der Waals surface area contributed by atoms with Crippen LogP contribution in [0.2, 0.25) is 0 Å². The Kier molecular flexibility index (Phi) is 7.07. The van der Waals surface area contributed by atoms with Crippen LogP contribution in [-0.4, -0.2) is 54.4 Å². The average molecular weight is 466 g/mol. The van der Waals surface area contributed by atoms with Crippen molar-refractivity contribution in [2.24, 2.45) is 5.92 Å². The maximum absolute atomic E-state index is 12.6. The zero-order chi connectivity index (χ0) is 22.8. The van der Waals surface area contributed by atoms with E-state index in [1.807, 2.05) is 13.8 Å². The molecule has 3 rings (SSSR count). The first kappa shape index (κ1) is 23.3. The molecular weight excluding hydrogens is 438 g/mol. The van der Waals surface area contributed by atoms with Gasteiger partial charge in [0.1, 0.15) is 5.01 Å². The lowest BCUT2D eigenvalue weighted by Crippen LogP contribution is -2.31. The molecule has 2 amide bonds. The van der Waals surface area contributed by atoms with Crippen LogP contribution in [0.1, 0.15) is 45.0 Å². The van der Waals surface area contributed by atoms with E-state index in [1.165, 1.54) is 32.7 Å². The Bertz CT molecular complexity index is 1050. The first-order valence-electron chi connectivity index (χ1n) is 10.2. The molecule has 0 saturated carbocycles. The third kappa shape index (κ3) is 4.94. The van der Waals surface area contributed by atoms with Gasteiger partial charge in [0.05, 0.1) is 10.8 Å². The van der Waals surface area contributed by atoms with Crippen molar-refractivity contribution < 1.29 is 18.0 Å². The van der Waals surface area contributed by atoms with Crippen LogP contribution < -0.4 is 10.2 Å². The molecule has 9 nitrogen and oxygen atoms in total. The Morgan fingerprint density at radius 3 is 2.42 bits per heavy atom. The van der Waals surface area contributed by atoms with Crippen LogP contribution in [0.4, 0.5) is 10.8 Å². The highest BCUT2D eigenvalue weighted by molar-refractivity contribution is 7.89. The zero-order valence-electron chi connectivity index (χ0n) is 18.0. The van der Waals surface area contributed by atoms with E-state index >= 15 is 0 Å². The van der Waals surface area contributed by atoms with Crippen LogP contribution in [0.25, 0.3) is 0 Å². The maximum Gasteiger partial charge on any atom is 0.243 e. The molecule has 31 heavy (non-hydrogen) atoms. The molecule has 0 aliphatic carbocycles. The molecule has 1 aliphatic rings. The summed E-state index contributed by atoms with van der Waals surface area (Å²) in [7, 11) is -3.56. The number of anilines is 2. The molecule has 1 atom stereocenters. The summed E-state index contributed by atoms with van der Waals surface area (Å²) in [5, 5.41) is 12.0. The highest BCUT2D eigenvalue weighted by Crippen LogP contribution is 2.29. The number of amides is 2. The Balaban J connectivity index is 1.69. The summed E-state index contributed by atoms with van der Waals surface area (Å²) in [6.45, 7) is 8.56. The third-order valence-electron chi connectivity index (χ3n) is 5.15. The summed E-state index contributed by atoms with van der Waals surface area (Å²) in [6, 6.07) is 6.21. The van der Waals surface area contributed by atoms with Gasteiger partial charge in [0.2, 0.25) is 27.0 Å². The Labute approximate surface area is 186 Å². The van der Waals surface area contributed by atoms with E-state index in [0.29, 0.717) is 23.9 Å². The Morgan fingerprint density at radius 2 is 1.87 bits per heavy atom. The lowest BCUT2D eigenvalue weighted by Gasteiger charge is -2.20. The fraction of sp³-hybridized carbons (Fsp3) is 0.500. The topological polar surface area (TPSA) is 113 Å². The Morgan fingerprint density at radius 1 is 1.23 bits per heavy atom. The summed E-state index contributed by atoms with van der Waals surface area (Å²) >= 11 is 1.32. The van der Waals surface area contributed by atoms with Crippen molar-refractivity contribution in [3.8, 4) is 0 Å². The first-order valence-corrected chi connectivity index (χ1v) is 12.5. The molecule has 0 radical (unpaired) electrons. The molecule has 1 aliphatic heterocycles. The number of hydrogen-bond donors (Lipinski definition) is 1. The van der Waals surface area contributed by atoms with Gasteiger partial charge in [-0.05, 0) is 24.3 Å². The summed E-state index contributed by atoms with van der Waals surface area (Å²) in [4.78, 5) is 26.8. The summed E-state index contributed by atoms with van der Waals surface area (Å²) in [5.74, 6) is -0.749. The van der Waals surface area contributed by atoms with Crippen molar-refractivity contribution in [2.45, 2.75) is 44.9 Å². The highest BCUT2D eigenvalue weighted by Gasteiger charge is 2.35. The van der Waals surface area contributed by atoms with Gasteiger partial charge in [-0.25, -0.2) is 8.42 Å². The van der Waals surface area contributed by atoms with Crippen molar-refractivity contribution in [3.05, 3.63) is 29.3 Å². The number of sulfonamides is 1. The fourth-order valence-corrected chi connectivity index (χ4v) is 5.58. The molecule has 1 N–H and O–H groups in total.